The van der Waals surface area contributed by atoms with E-state index in [4.69, 9.17) is 0 Å². The number of rotatable bonds is 4. The van der Waals surface area contributed by atoms with Crippen LogP contribution in [0.1, 0.15) is 70.6 Å². The van der Waals surface area contributed by atoms with E-state index in [1.54, 1.807) is 0 Å². The Balaban J connectivity index is 1.86. The number of aliphatic hydroxyl groups excluding tert-OH is 2. The van der Waals surface area contributed by atoms with E-state index in [0.29, 0.717) is 23.8 Å². The van der Waals surface area contributed by atoms with Gasteiger partial charge >= 0.3 is 0 Å². The van der Waals surface area contributed by atoms with Crippen LogP contribution < -0.4 is 0 Å². The third-order valence-corrected chi connectivity index (χ3v) is 5.31. The second-order valence-corrected chi connectivity index (χ2v) is 6.90. The maximum Gasteiger partial charge on any atom is 0.0968 e. The number of hydrogen-bond acceptors (Lipinski definition) is 2. The molecule has 2 unspecified atom stereocenters. The van der Waals surface area contributed by atoms with Gasteiger partial charge in [-0.2, -0.15) is 0 Å². The van der Waals surface area contributed by atoms with Gasteiger partial charge in [0.25, 0.3) is 0 Å². The Morgan fingerprint density at radius 2 is 1.45 bits per heavy atom. The summed E-state index contributed by atoms with van der Waals surface area (Å²) in [5.74, 6) is 6.78. The largest absolute Gasteiger partial charge is 0.392 e. The van der Waals surface area contributed by atoms with Crippen LogP contribution in [0.5, 0.6) is 0 Å². The fraction of sp³-hybridized carbons (Fsp3) is 0.750. The van der Waals surface area contributed by atoms with Crippen molar-refractivity contribution in [3.63, 3.8) is 0 Å². The third-order valence-electron chi connectivity index (χ3n) is 5.31. The lowest BCUT2D eigenvalue weighted by Gasteiger charge is -2.26. The van der Waals surface area contributed by atoms with Crippen LogP contribution in [-0.2, 0) is 0 Å². The molecule has 0 aromatic heterocycles. The Bertz CT molecular complexity index is 438. The lowest BCUT2D eigenvalue weighted by Crippen LogP contribution is -2.24. The fourth-order valence-electron chi connectivity index (χ4n) is 3.84. The van der Waals surface area contributed by atoms with E-state index >= 15 is 0 Å². The molecule has 2 rings (SSSR count). The molecule has 2 saturated carbocycles. The smallest absolute Gasteiger partial charge is 0.0968 e. The second-order valence-electron chi connectivity index (χ2n) is 6.90. The molecule has 2 heteroatoms. The van der Waals surface area contributed by atoms with Gasteiger partial charge in [0.15, 0.2) is 0 Å². The summed E-state index contributed by atoms with van der Waals surface area (Å²) >= 11 is 0. The fourth-order valence-corrected chi connectivity index (χ4v) is 3.84. The molecule has 0 bridgehead atoms. The van der Waals surface area contributed by atoms with Crippen molar-refractivity contribution in [3.05, 3.63) is 17.9 Å². The monoisotopic (exact) mass is 302 g/mol. The van der Waals surface area contributed by atoms with Gasteiger partial charge in [-0.3, -0.25) is 0 Å². The molecule has 0 aliphatic heterocycles. The molecule has 0 saturated heterocycles. The van der Waals surface area contributed by atoms with Crippen LogP contribution in [0, 0.1) is 23.7 Å². The lowest BCUT2D eigenvalue weighted by molar-refractivity contribution is 0.0891. The van der Waals surface area contributed by atoms with Crippen molar-refractivity contribution in [2.75, 3.05) is 0 Å². The first-order valence-corrected chi connectivity index (χ1v) is 8.97. The van der Waals surface area contributed by atoms with Crippen molar-refractivity contribution in [2.45, 2.75) is 82.8 Å². The number of aliphatic hydroxyl groups is 2. The van der Waals surface area contributed by atoms with Crippen molar-refractivity contribution in [2.24, 2.45) is 11.8 Å². The summed E-state index contributed by atoms with van der Waals surface area (Å²) in [5, 5.41) is 20.7. The Hall–Kier alpha value is -1.00. The molecule has 0 amide bonds. The molecule has 0 spiro atoms. The first-order valence-electron chi connectivity index (χ1n) is 8.97. The van der Waals surface area contributed by atoms with Crippen molar-refractivity contribution in [1.29, 1.82) is 0 Å². The Kier molecular flexibility index (Phi) is 7.26. The highest BCUT2D eigenvalue weighted by atomic mass is 16.3. The standard InChI is InChI=1S/C20H30O2/c1-2-16(20(22)18-12-7-4-8-13-18)14-9-15-19(21)17-10-5-3-6-11-17/h17-22H,1,3-8,10-13,15H2. The molecule has 2 aliphatic carbocycles. The van der Waals surface area contributed by atoms with Crippen LogP contribution >= 0.6 is 0 Å². The second kappa shape index (κ2) is 9.21. The minimum Gasteiger partial charge on any atom is -0.392 e. The lowest BCUT2D eigenvalue weighted by atomic mass is 9.82. The summed E-state index contributed by atoms with van der Waals surface area (Å²) in [6, 6.07) is 0. The molecule has 122 valence electrons. The zero-order chi connectivity index (χ0) is 15.8. The van der Waals surface area contributed by atoms with E-state index in [1.165, 1.54) is 38.5 Å². The van der Waals surface area contributed by atoms with Crippen LogP contribution in [0.2, 0.25) is 0 Å². The normalized spacial score (nSPS) is 23.0. The predicted molar refractivity (Wildman–Crippen MR) is 90.2 cm³/mol. The van der Waals surface area contributed by atoms with Gasteiger partial charge in [-0.15, -0.1) is 5.73 Å². The average molecular weight is 302 g/mol. The predicted octanol–water partition coefficient (Wildman–Crippen LogP) is 3.97. The molecule has 2 fully saturated rings. The molecule has 0 aromatic carbocycles. The zero-order valence-corrected chi connectivity index (χ0v) is 13.7. The molecule has 2 atom stereocenters. The van der Waals surface area contributed by atoms with Gasteiger partial charge in [0.2, 0.25) is 0 Å². The minimum atomic E-state index is -0.530. The molecule has 0 aromatic rings. The van der Waals surface area contributed by atoms with Crippen LogP contribution in [0.15, 0.2) is 17.9 Å². The molecule has 2 nitrogen and oxygen atoms in total. The maximum atomic E-state index is 10.4. The molecule has 2 aliphatic rings. The average Bonchev–Trinajstić information content (AvgIpc) is 2.59. The van der Waals surface area contributed by atoms with Gasteiger partial charge < -0.3 is 10.2 Å². The highest BCUT2D eigenvalue weighted by Gasteiger charge is 2.24. The highest BCUT2D eigenvalue weighted by molar-refractivity contribution is 5.31. The molecular formula is C20H30O2. The van der Waals surface area contributed by atoms with Crippen LogP contribution in [0.25, 0.3) is 0 Å². The van der Waals surface area contributed by atoms with Gasteiger partial charge in [-0.25, -0.2) is 0 Å². The van der Waals surface area contributed by atoms with E-state index in [9.17, 15) is 10.2 Å². The highest BCUT2D eigenvalue weighted by Crippen LogP contribution is 2.29. The van der Waals surface area contributed by atoms with Gasteiger partial charge in [0.1, 0.15) is 0 Å². The van der Waals surface area contributed by atoms with Crippen molar-refractivity contribution >= 4 is 0 Å². The van der Waals surface area contributed by atoms with Crippen LogP contribution in [0.4, 0.5) is 0 Å². The minimum absolute atomic E-state index is 0.301. The summed E-state index contributed by atoms with van der Waals surface area (Å²) in [4.78, 5) is 0. The van der Waals surface area contributed by atoms with Crippen molar-refractivity contribution in [3.8, 4) is 11.8 Å². The molecule has 0 heterocycles. The summed E-state index contributed by atoms with van der Waals surface area (Å²) in [6.45, 7) is 3.68. The Morgan fingerprint density at radius 1 is 0.909 bits per heavy atom. The SMILES string of the molecule is C=C=C(C#CCC(O)C1CCCCC1)C(O)C1CCCCC1. The van der Waals surface area contributed by atoms with Gasteiger partial charge in [0, 0.05) is 6.42 Å². The zero-order valence-electron chi connectivity index (χ0n) is 13.7. The van der Waals surface area contributed by atoms with E-state index in [1.807, 2.05) is 0 Å². The summed E-state index contributed by atoms with van der Waals surface area (Å²) in [5.41, 5.74) is 3.43. The van der Waals surface area contributed by atoms with Gasteiger partial charge in [-0.1, -0.05) is 56.9 Å². The van der Waals surface area contributed by atoms with E-state index < -0.39 is 6.10 Å². The van der Waals surface area contributed by atoms with Crippen LogP contribution in [-0.4, -0.2) is 22.4 Å². The van der Waals surface area contributed by atoms with E-state index in [0.717, 1.165) is 25.7 Å². The van der Waals surface area contributed by atoms with Crippen LogP contribution in [0.3, 0.4) is 0 Å². The van der Waals surface area contributed by atoms with Gasteiger partial charge in [-0.05, 0) is 37.5 Å². The van der Waals surface area contributed by atoms with Gasteiger partial charge in [0.05, 0.1) is 17.8 Å². The third kappa shape index (κ3) is 5.03. The quantitative estimate of drug-likeness (QED) is 0.609. The molecule has 22 heavy (non-hydrogen) atoms. The molecular weight excluding hydrogens is 272 g/mol. The summed E-state index contributed by atoms with van der Waals surface area (Å²) in [7, 11) is 0. The van der Waals surface area contributed by atoms with Crippen molar-refractivity contribution < 1.29 is 10.2 Å². The Labute approximate surface area is 135 Å². The first kappa shape index (κ1) is 17.4. The van der Waals surface area contributed by atoms with E-state index in [-0.39, 0.29) is 6.10 Å². The summed E-state index contributed by atoms with van der Waals surface area (Å²) < 4.78 is 0. The Morgan fingerprint density at radius 3 is 2.00 bits per heavy atom. The van der Waals surface area contributed by atoms with E-state index in [2.05, 4.69) is 24.2 Å². The van der Waals surface area contributed by atoms with Crippen molar-refractivity contribution in [1.82, 2.24) is 0 Å². The molecule has 0 radical (unpaired) electrons. The maximum absolute atomic E-state index is 10.4. The number of hydrogen-bond donors (Lipinski definition) is 2. The molecule has 2 N–H and O–H groups in total. The first-order chi connectivity index (χ1) is 10.7. The topological polar surface area (TPSA) is 40.5 Å². The summed E-state index contributed by atoms with van der Waals surface area (Å²) in [6.07, 6.45) is 11.4.